The predicted molar refractivity (Wildman–Crippen MR) is 86.1 cm³/mol. The van der Waals surface area contributed by atoms with E-state index in [1.54, 1.807) is 6.33 Å². The van der Waals surface area contributed by atoms with Crippen molar-refractivity contribution in [2.75, 3.05) is 13.1 Å². The second-order valence-electron chi connectivity index (χ2n) is 7.34. The summed E-state index contributed by atoms with van der Waals surface area (Å²) < 4.78 is 2.04. The first kappa shape index (κ1) is 16.4. The molecule has 1 N–H and O–H groups in total. The second kappa shape index (κ2) is 6.44. The third-order valence-electron chi connectivity index (χ3n) is 4.64. The van der Waals surface area contributed by atoms with Crippen LogP contribution in [0.5, 0.6) is 0 Å². The molecule has 2 unspecified atom stereocenters. The average Bonchev–Trinajstić information content (AvgIpc) is 2.85. The lowest BCUT2D eigenvalue weighted by molar-refractivity contribution is 0.0535. The zero-order chi connectivity index (χ0) is 15.6. The summed E-state index contributed by atoms with van der Waals surface area (Å²) in [5.41, 5.74) is 0.159. The van der Waals surface area contributed by atoms with E-state index in [9.17, 15) is 0 Å². The van der Waals surface area contributed by atoms with Crippen LogP contribution in [0.15, 0.2) is 6.33 Å². The molecule has 1 aromatic rings. The fraction of sp³-hybridized carbons (Fsp3) is 0.875. The van der Waals surface area contributed by atoms with Crippen LogP contribution in [-0.2, 0) is 6.54 Å². The Balaban J connectivity index is 2.17. The minimum absolute atomic E-state index is 0.159. The van der Waals surface area contributed by atoms with Crippen molar-refractivity contribution in [2.45, 2.75) is 72.1 Å². The van der Waals surface area contributed by atoms with Crippen LogP contribution in [0.1, 0.15) is 59.8 Å². The van der Waals surface area contributed by atoms with E-state index >= 15 is 0 Å². The van der Waals surface area contributed by atoms with Gasteiger partial charge < -0.3 is 5.32 Å². The molecule has 0 spiro atoms. The first-order valence-electron chi connectivity index (χ1n) is 8.21. The van der Waals surface area contributed by atoms with Gasteiger partial charge in [0.15, 0.2) is 0 Å². The number of nitrogens with zero attached hydrogens (tertiary/aromatic N) is 4. The van der Waals surface area contributed by atoms with Gasteiger partial charge in [-0.05, 0) is 33.6 Å². The summed E-state index contributed by atoms with van der Waals surface area (Å²) in [5, 5.41) is 8.06. The number of nitrogens with one attached hydrogen (secondary N) is 1. The maximum Gasteiger partial charge on any atom is 0.141 e. The maximum absolute atomic E-state index is 4.49. The fourth-order valence-electron chi connectivity index (χ4n) is 3.20. The van der Waals surface area contributed by atoms with Crippen LogP contribution in [0.4, 0.5) is 0 Å². The third kappa shape index (κ3) is 3.83. The van der Waals surface area contributed by atoms with Crippen LogP contribution >= 0.6 is 0 Å². The standard InChI is InChI=1S/C16H31N5/c1-7-13(4)14-8-18-16(5,6)10-20(14)9-15-17-11-19-21(15)12(2)3/h11-14,18H,7-10H2,1-6H3. The van der Waals surface area contributed by atoms with Gasteiger partial charge >= 0.3 is 0 Å². The van der Waals surface area contributed by atoms with E-state index in [1.807, 2.05) is 4.68 Å². The Hall–Kier alpha value is -0.940. The molecule has 120 valence electrons. The molecule has 5 nitrogen and oxygen atoms in total. The molecule has 1 fully saturated rings. The summed E-state index contributed by atoms with van der Waals surface area (Å²) in [5.74, 6) is 1.76. The number of hydrogen-bond acceptors (Lipinski definition) is 4. The van der Waals surface area contributed by atoms with E-state index in [4.69, 9.17) is 0 Å². The van der Waals surface area contributed by atoms with Crippen LogP contribution in [-0.4, -0.2) is 44.3 Å². The molecule has 1 aliphatic rings. The average molecular weight is 293 g/mol. The largest absolute Gasteiger partial charge is 0.309 e. The molecule has 0 amide bonds. The molecule has 1 aliphatic heterocycles. The summed E-state index contributed by atoms with van der Waals surface area (Å²) in [6.45, 7) is 16.5. The molecule has 0 radical (unpaired) electrons. The lowest BCUT2D eigenvalue weighted by Gasteiger charge is -2.46. The van der Waals surface area contributed by atoms with Crippen LogP contribution in [0.3, 0.4) is 0 Å². The zero-order valence-corrected chi connectivity index (χ0v) is 14.4. The molecule has 2 rings (SSSR count). The van der Waals surface area contributed by atoms with Gasteiger partial charge in [0, 0.05) is 30.7 Å². The van der Waals surface area contributed by atoms with Gasteiger partial charge in [-0.1, -0.05) is 20.3 Å². The molecule has 2 heterocycles. The highest BCUT2D eigenvalue weighted by Gasteiger charge is 2.35. The summed E-state index contributed by atoms with van der Waals surface area (Å²) in [7, 11) is 0. The van der Waals surface area contributed by atoms with Gasteiger partial charge in [-0.3, -0.25) is 4.90 Å². The fourth-order valence-corrected chi connectivity index (χ4v) is 3.20. The summed E-state index contributed by atoms with van der Waals surface area (Å²) in [4.78, 5) is 7.08. The van der Waals surface area contributed by atoms with Gasteiger partial charge in [-0.15, -0.1) is 0 Å². The van der Waals surface area contributed by atoms with Crippen molar-refractivity contribution in [3.05, 3.63) is 12.2 Å². The summed E-state index contributed by atoms with van der Waals surface area (Å²) in [6.07, 6.45) is 2.89. The van der Waals surface area contributed by atoms with Crippen molar-refractivity contribution in [3.8, 4) is 0 Å². The Morgan fingerprint density at radius 2 is 2.10 bits per heavy atom. The van der Waals surface area contributed by atoms with Gasteiger partial charge in [0.2, 0.25) is 0 Å². The Kier molecular flexibility index (Phi) is 5.04. The van der Waals surface area contributed by atoms with E-state index in [0.29, 0.717) is 18.0 Å². The Labute approximate surface area is 129 Å². The molecule has 1 aromatic heterocycles. The maximum atomic E-state index is 4.49. The van der Waals surface area contributed by atoms with E-state index in [0.717, 1.165) is 25.5 Å². The summed E-state index contributed by atoms with van der Waals surface area (Å²) in [6, 6.07) is 0.931. The first-order valence-corrected chi connectivity index (χ1v) is 8.21. The molecule has 1 saturated heterocycles. The minimum atomic E-state index is 0.159. The minimum Gasteiger partial charge on any atom is -0.309 e. The van der Waals surface area contributed by atoms with Crippen molar-refractivity contribution in [2.24, 2.45) is 5.92 Å². The molecule has 0 bridgehead atoms. The van der Waals surface area contributed by atoms with Gasteiger partial charge in [0.25, 0.3) is 0 Å². The Morgan fingerprint density at radius 1 is 1.38 bits per heavy atom. The lowest BCUT2D eigenvalue weighted by atomic mass is 9.91. The van der Waals surface area contributed by atoms with Crippen molar-refractivity contribution in [1.29, 1.82) is 0 Å². The molecule has 2 atom stereocenters. The molecule has 5 heteroatoms. The predicted octanol–water partition coefficient (Wildman–Crippen LogP) is 2.46. The van der Waals surface area contributed by atoms with Crippen molar-refractivity contribution in [3.63, 3.8) is 0 Å². The SMILES string of the molecule is CCC(C)C1CNC(C)(C)CN1Cc1ncnn1C(C)C. The van der Waals surface area contributed by atoms with Gasteiger partial charge in [-0.25, -0.2) is 9.67 Å². The number of rotatable bonds is 5. The summed E-state index contributed by atoms with van der Waals surface area (Å²) >= 11 is 0. The normalized spacial score (nSPS) is 24.4. The van der Waals surface area contributed by atoms with E-state index in [2.05, 4.69) is 61.8 Å². The van der Waals surface area contributed by atoms with Gasteiger partial charge in [-0.2, -0.15) is 5.10 Å². The third-order valence-corrected chi connectivity index (χ3v) is 4.64. The molecule has 0 saturated carbocycles. The molecule has 21 heavy (non-hydrogen) atoms. The Bertz CT molecular complexity index is 451. The highest BCUT2D eigenvalue weighted by atomic mass is 15.4. The topological polar surface area (TPSA) is 46.0 Å². The van der Waals surface area contributed by atoms with Crippen LogP contribution in [0.25, 0.3) is 0 Å². The zero-order valence-electron chi connectivity index (χ0n) is 14.4. The molecule has 0 aliphatic carbocycles. The van der Waals surface area contributed by atoms with E-state index in [1.165, 1.54) is 6.42 Å². The Morgan fingerprint density at radius 3 is 2.71 bits per heavy atom. The number of hydrogen-bond donors (Lipinski definition) is 1. The van der Waals surface area contributed by atoms with Crippen LogP contribution in [0, 0.1) is 5.92 Å². The highest BCUT2D eigenvalue weighted by Crippen LogP contribution is 2.24. The van der Waals surface area contributed by atoms with E-state index < -0.39 is 0 Å². The van der Waals surface area contributed by atoms with Crippen molar-refractivity contribution >= 4 is 0 Å². The molecular formula is C16H31N5. The van der Waals surface area contributed by atoms with Crippen LogP contribution < -0.4 is 5.32 Å². The molecular weight excluding hydrogens is 262 g/mol. The van der Waals surface area contributed by atoms with E-state index in [-0.39, 0.29) is 5.54 Å². The van der Waals surface area contributed by atoms with Gasteiger partial charge in [0.1, 0.15) is 12.2 Å². The highest BCUT2D eigenvalue weighted by molar-refractivity contribution is 4.97. The van der Waals surface area contributed by atoms with Crippen LogP contribution in [0.2, 0.25) is 0 Å². The second-order valence-corrected chi connectivity index (χ2v) is 7.34. The first-order chi connectivity index (χ1) is 9.84. The number of piperazine rings is 1. The van der Waals surface area contributed by atoms with Crippen molar-refractivity contribution in [1.82, 2.24) is 25.0 Å². The quantitative estimate of drug-likeness (QED) is 0.906. The van der Waals surface area contributed by atoms with Gasteiger partial charge in [0.05, 0.1) is 6.54 Å². The smallest absolute Gasteiger partial charge is 0.141 e. The molecule has 0 aromatic carbocycles. The monoisotopic (exact) mass is 293 g/mol. The number of aromatic nitrogens is 3. The lowest BCUT2D eigenvalue weighted by Crippen LogP contribution is -2.62. The van der Waals surface area contributed by atoms with Crippen molar-refractivity contribution < 1.29 is 0 Å².